The molecule has 1 unspecified atom stereocenters. The first-order valence-electron chi connectivity index (χ1n) is 12.1. The van der Waals surface area contributed by atoms with E-state index in [2.05, 4.69) is 29.6 Å². The molecule has 3 aliphatic rings. The van der Waals surface area contributed by atoms with Gasteiger partial charge >= 0.3 is 12.1 Å². The van der Waals surface area contributed by atoms with Crippen LogP contribution in [0.15, 0.2) is 48.5 Å². The number of likely N-dealkylation sites (tertiary alicyclic amines) is 1. The summed E-state index contributed by atoms with van der Waals surface area (Å²) in [5.74, 6) is -1.20. The highest BCUT2D eigenvalue weighted by atomic mass is 16.5. The molecule has 2 amide bonds. The summed E-state index contributed by atoms with van der Waals surface area (Å²) in [5.41, 5.74) is 4.66. The molecule has 2 aliphatic carbocycles. The van der Waals surface area contributed by atoms with E-state index in [4.69, 9.17) is 4.74 Å². The number of benzene rings is 2. The van der Waals surface area contributed by atoms with E-state index in [1.165, 1.54) is 11.1 Å². The second kappa shape index (κ2) is 9.49. The van der Waals surface area contributed by atoms with Crippen molar-refractivity contribution in [2.45, 2.75) is 44.1 Å². The summed E-state index contributed by atoms with van der Waals surface area (Å²) >= 11 is 0. The quantitative estimate of drug-likeness (QED) is 0.648. The van der Waals surface area contributed by atoms with Gasteiger partial charge < -0.3 is 20.1 Å². The summed E-state index contributed by atoms with van der Waals surface area (Å²) in [4.78, 5) is 38.6. The summed E-state index contributed by atoms with van der Waals surface area (Å²) in [6.07, 6.45) is 2.91. The number of carbonyl (C=O) groups is 3. The van der Waals surface area contributed by atoms with Crippen molar-refractivity contribution in [2.24, 2.45) is 11.8 Å². The van der Waals surface area contributed by atoms with Gasteiger partial charge in [0.15, 0.2) is 0 Å². The Labute approximate surface area is 199 Å². The van der Waals surface area contributed by atoms with Gasteiger partial charge in [-0.2, -0.15) is 0 Å². The number of nitrogens with one attached hydrogen (secondary N) is 1. The molecule has 0 aromatic heterocycles. The van der Waals surface area contributed by atoms with Gasteiger partial charge in [0, 0.05) is 31.5 Å². The maximum Gasteiger partial charge on any atom is 0.407 e. The van der Waals surface area contributed by atoms with E-state index in [0.29, 0.717) is 19.4 Å². The standard InChI is InChI=1S/C27H30N2O5/c30-25(29-13-5-6-18(15-29)26(31)32)14-24(17-11-12-17)28-27(33)34-16-23-21-9-3-1-7-19(21)20-8-2-4-10-22(20)23/h1-4,7-10,17-18,23-24H,5-6,11-16H2,(H,28,33)(H,31,32)/t18-,24?/m1/s1. The SMILES string of the molecule is O=C(NC(CC(=O)N1CCC[C@@H](C(=O)O)C1)C1CC1)OCC1c2ccccc2-c2ccccc21. The molecule has 7 heteroatoms. The predicted molar refractivity (Wildman–Crippen MR) is 126 cm³/mol. The summed E-state index contributed by atoms with van der Waals surface area (Å²) in [7, 11) is 0. The molecule has 0 bridgehead atoms. The normalized spacial score (nSPS) is 20.2. The molecule has 178 valence electrons. The number of alkyl carbamates (subject to hydrolysis) is 1. The molecule has 1 saturated carbocycles. The zero-order chi connectivity index (χ0) is 23.7. The first-order chi connectivity index (χ1) is 16.5. The van der Waals surface area contributed by atoms with Gasteiger partial charge in [0.1, 0.15) is 6.61 Å². The topological polar surface area (TPSA) is 95.9 Å². The van der Waals surface area contributed by atoms with Crippen molar-refractivity contribution in [1.29, 1.82) is 0 Å². The van der Waals surface area contributed by atoms with E-state index >= 15 is 0 Å². The van der Waals surface area contributed by atoms with Gasteiger partial charge in [0.2, 0.25) is 5.91 Å². The molecule has 1 saturated heterocycles. The molecule has 2 aromatic rings. The molecule has 7 nitrogen and oxygen atoms in total. The van der Waals surface area contributed by atoms with Gasteiger partial charge in [-0.15, -0.1) is 0 Å². The van der Waals surface area contributed by atoms with Crippen LogP contribution in [0, 0.1) is 11.8 Å². The molecule has 2 fully saturated rings. The van der Waals surface area contributed by atoms with Crippen LogP contribution in [0.25, 0.3) is 11.1 Å². The number of rotatable bonds is 7. The van der Waals surface area contributed by atoms with Crippen LogP contribution in [0.5, 0.6) is 0 Å². The van der Waals surface area contributed by atoms with Crippen molar-refractivity contribution >= 4 is 18.0 Å². The van der Waals surface area contributed by atoms with E-state index in [1.54, 1.807) is 4.90 Å². The Hall–Kier alpha value is -3.35. The summed E-state index contributed by atoms with van der Waals surface area (Å²) in [5, 5.41) is 12.2. The van der Waals surface area contributed by atoms with Crippen LogP contribution in [-0.2, 0) is 14.3 Å². The van der Waals surface area contributed by atoms with E-state index in [1.807, 2.05) is 24.3 Å². The van der Waals surface area contributed by atoms with Gasteiger partial charge in [-0.25, -0.2) is 4.79 Å². The van der Waals surface area contributed by atoms with Crippen molar-refractivity contribution in [3.05, 3.63) is 59.7 Å². The molecule has 2 aromatic carbocycles. The van der Waals surface area contributed by atoms with Crippen LogP contribution in [-0.4, -0.2) is 53.7 Å². The fraction of sp³-hybridized carbons (Fsp3) is 0.444. The van der Waals surface area contributed by atoms with Crippen molar-refractivity contribution in [3.8, 4) is 11.1 Å². The lowest BCUT2D eigenvalue weighted by molar-refractivity contribution is -0.145. The highest BCUT2D eigenvalue weighted by molar-refractivity contribution is 5.80. The first-order valence-corrected chi connectivity index (χ1v) is 12.1. The zero-order valence-corrected chi connectivity index (χ0v) is 19.1. The Balaban J connectivity index is 1.19. The van der Waals surface area contributed by atoms with E-state index in [0.717, 1.165) is 24.0 Å². The molecule has 2 N–H and O–H groups in total. The smallest absolute Gasteiger partial charge is 0.407 e. The van der Waals surface area contributed by atoms with Crippen LogP contribution < -0.4 is 5.32 Å². The number of ether oxygens (including phenoxy) is 1. The number of carboxylic acids is 1. The molecule has 2 atom stereocenters. The third-order valence-electron chi connectivity index (χ3n) is 7.36. The predicted octanol–water partition coefficient (Wildman–Crippen LogP) is 4.02. The number of carboxylic acid groups (broad SMARTS) is 1. The van der Waals surface area contributed by atoms with Crippen molar-refractivity contribution in [3.63, 3.8) is 0 Å². The van der Waals surface area contributed by atoms with E-state index in [9.17, 15) is 19.5 Å². The van der Waals surface area contributed by atoms with Crippen molar-refractivity contribution in [1.82, 2.24) is 10.2 Å². The number of amides is 2. The van der Waals surface area contributed by atoms with Gasteiger partial charge in [-0.05, 0) is 53.9 Å². The lowest BCUT2D eigenvalue weighted by atomic mass is 9.97. The summed E-state index contributed by atoms with van der Waals surface area (Å²) in [6.45, 7) is 1.05. The van der Waals surface area contributed by atoms with Crippen LogP contribution in [0.3, 0.4) is 0 Å². The van der Waals surface area contributed by atoms with Gasteiger partial charge in [0.25, 0.3) is 0 Å². The molecule has 5 rings (SSSR count). The Bertz CT molecular complexity index is 1050. The minimum atomic E-state index is -0.854. The number of aliphatic carboxylic acids is 1. The number of carbonyl (C=O) groups excluding carboxylic acids is 2. The largest absolute Gasteiger partial charge is 0.481 e. The van der Waals surface area contributed by atoms with Crippen LogP contribution in [0.4, 0.5) is 4.79 Å². The molecule has 1 heterocycles. The number of piperidine rings is 1. The monoisotopic (exact) mass is 462 g/mol. The van der Waals surface area contributed by atoms with Crippen molar-refractivity contribution < 1.29 is 24.2 Å². The van der Waals surface area contributed by atoms with Gasteiger partial charge in [-0.1, -0.05) is 48.5 Å². The number of hydrogen-bond acceptors (Lipinski definition) is 4. The minimum absolute atomic E-state index is 0.0135. The lowest BCUT2D eigenvalue weighted by Crippen LogP contribution is -2.46. The third kappa shape index (κ3) is 4.65. The van der Waals surface area contributed by atoms with Crippen molar-refractivity contribution in [2.75, 3.05) is 19.7 Å². The van der Waals surface area contributed by atoms with E-state index in [-0.39, 0.29) is 43.4 Å². The highest BCUT2D eigenvalue weighted by Crippen LogP contribution is 2.44. The maximum atomic E-state index is 12.9. The number of hydrogen-bond donors (Lipinski definition) is 2. The maximum absolute atomic E-state index is 12.9. The Morgan fingerprint density at radius 1 is 1.00 bits per heavy atom. The fourth-order valence-electron chi connectivity index (χ4n) is 5.35. The van der Waals surface area contributed by atoms with Crippen LogP contribution in [0.1, 0.15) is 49.1 Å². The lowest BCUT2D eigenvalue weighted by Gasteiger charge is -2.32. The minimum Gasteiger partial charge on any atom is -0.481 e. The first kappa shape index (κ1) is 22.4. The Morgan fingerprint density at radius 3 is 2.26 bits per heavy atom. The number of nitrogens with zero attached hydrogens (tertiary/aromatic N) is 1. The van der Waals surface area contributed by atoms with Crippen LogP contribution >= 0.6 is 0 Å². The molecular formula is C27H30N2O5. The summed E-state index contributed by atoms with van der Waals surface area (Å²) in [6, 6.07) is 16.1. The van der Waals surface area contributed by atoms with Gasteiger partial charge in [-0.3, -0.25) is 9.59 Å². The average molecular weight is 463 g/mol. The Morgan fingerprint density at radius 2 is 1.65 bits per heavy atom. The molecular weight excluding hydrogens is 432 g/mol. The fourth-order valence-corrected chi connectivity index (χ4v) is 5.35. The second-order valence-electron chi connectivity index (χ2n) is 9.64. The average Bonchev–Trinajstić information content (AvgIpc) is 3.65. The van der Waals surface area contributed by atoms with Gasteiger partial charge in [0.05, 0.1) is 5.92 Å². The molecule has 34 heavy (non-hydrogen) atoms. The van der Waals surface area contributed by atoms with E-state index < -0.39 is 18.0 Å². The Kier molecular flexibility index (Phi) is 6.26. The molecule has 0 spiro atoms. The molecule has 1 aliphatic heterocycles. The zero-order valence-electron chi connectivity index (χ0n) is 19.1. The highest BCUT2D eigenvalue weighted by Gasteiger charge is 2.37. The molecule has 0 radical (unpaired) electrons. The summed E-state index contributed by atoms with van der Waals surface area (Å²) < 4.78 is 5.67. The van der Waals surface area contributed by atoms with Crippen LogP contribution in [0.2, 0.25) is 0 Å². The number of fused-ring (bicyclic) bond motifs is 3. The third-order valence-corrected chi connectivity index (χ3v) is 7.36. The second-order valence-corrected chi connectivity index (χ2v) is 9.64.